The summed E-state index contributed by atoms with van der Waals surface area (Å²) in [4.78, 5) is 11.3. The Morgan fingerprint density at radius 1 is 1.35 bits per heavy atom. The van der Waals surface area contributed by atoms with Gasteiger partial charge in [-0.3, -0.25) is 4.79 Å². The summed E-state index contributed by atoms with van der Waals surface area (Å²) in [5.74, 6) is -1.21. The van der Waals surface area contributed by atoms with Crippen LogP contribution in [0.4, 0.5) is 8.78 Å². The monoisotopic (exact) mass is 242 g/mol. The van der Waals surface area contributed by atoms with Gasteiger partial charge in [0.15, 0.2) is 0 Å². The minimum absolute atomic E-state index is 0.00848. The molecule has 5 heteroatoms. The van der Waals surface area contributed by atoms with E-state index >= 15 is 0 Å². The van der Waals surface area contributed by atoms with Crippen molar-refractivity contribution in [1.29, 1.82) is 0 Å². The number of halogens is 2. The maximum absolute atomic E-state index is 13.2. The standard InChI is InChI=1S/C12H16F2N2O/c1-2-15-6-5-12(17)16-8-9-7-10(13)3-4-11(9)14/h3-4,7,15H,2,5-6,8H2,1H3,(H,16,17). The summed E-state index contributed by atoms with van der Waals surface area (Å²) in [6, 6.07) is 3.18. The molecule has 1 amide bonds. The van der Waals surface area contributed by atoms with Gasteiger partial charge in [0.05, 0.1) is 0 Å². The van der Waals surface area contributed by atoms with Crippen LogP contribution in [0.3, 0.4) is 0 Å². The first-order valence-corrected chi connectivity index (χ1v) is 5.54. The van der Waals surface area contributed by atoms with Crippen molar-refractivity contribution in [1.82, 2.24) is 10.6 Å². The Balaban J connectivity index is 2.39. The van der Waals surface area contributed by atoms with E-state index in [1.165, 1.54) is 0 Å². The quantitative estimate of drug-likeness (QED) is 0.744. The molecule has 0 saturated heterocycles. The molecule has 1 aromatic rings. The molecule has 0 aliphatic heterocycles. The summed E-state index contributed by atoms with van der Waals surface area (Å²) < 4.78 is 26.0. The van der Waals surface area contributed by atoms with Gasteiger partial charge in [-0.1, -0.05) is 6.92 Å². The molecular formula is C12H16F2N2O. The van der Waals surface area contributed by atoms with Crippen molar-refractivity contribution in [3.8, 4) is 0 Å². The molecule has 0 saturated carbocycles. The van der Waals surface area contributed by atoms with Crippen LogP contribution in [0.15, 0.2) is 18.2 Å². The summed E-state index contributed by atoms with van der Waals surface area (Å²) in [5, 5.41) is 5.54. The normalized spacial score (nSPS) is 10.3. The molecule has 1 rings (SSSR count). The van der Waals surface area contributed by atoms with Crippen LogP contribution < -0.4 is 10.6 Å². The minimum atomic E-state index is -0.515. The smallest absolute Gasteiger partial charge is 0.221 e. The lowest BCUT2D eigenvalue weighted by Crippen LogP contribution is -2.27. The van der Waals surface area contributed by atoms with Gasteiger partial charge in [0.25, 0.3) is 0 Å². The van der Waals surface area contributed by atoms with Crippen molar-refractivity contribution in [2.45, 2.75) is 19.9 Å². The zero-order chi connectivity index (χ0) is 12.7. The lowest BCUT2D eigenvalue weighted by molar-refractivity contribution is -0.121. The number of hydrogen-bond acceptors (Lipinski definition) is 2. The molecule has 0 fully saturated rings. The minimum Gasteiger partial charge on any atom is -0.352 e. The fourth-order valence-electron chi connectivity index (χ4n) is 1.34. The van der Waals surface area contributed by atoms with E-state index in [0.29, 0.717) is 13.0 Å². The molecule has 17 heavy (non-hydrogen) atoms. The zero-order valence-electron chi connectivity index (χ0n) is 9.72. The van der Waals surface area contributed by atoms with Crippen LogP contribution in [0.25, 0.3) is 0 Å². The predicted molar refractivity (Wildman–Crippen MR) is 61.4 cm³/mol. The highest BCUT2D eigenvalue weighted by Crippen LogP contribution is 2.09. The van der Waals surface area contributed by atoms with Crippen LogP contribution >= 0.6 is 0 Å². The summed E-state index contributed by atoms with van der Waals surface area (Å²) in [6.45, 7) is 3.33. The van der Waals surface area contributed by atoms with E-state index in [9.17, 15) is 13.6 Å². The third kappa shape index (κ3) is 4.91. The zero-order valence-corrected chi connectivity index (χ0v) is 9.72. The SMILES string of the molecule is CCNCCC(=O)NCc1cc(F)ccc1F. The van der Waals surface area contributed by atoms with Crippen molar-refractivity contribution in [2.24, 2.45) is 0 Å². The van der Waals surface area contributed by atoms with Gasteiger partial charge in [-0.15, -0.1) is 0 Å². The lowest BCUT2D eigenvalue weighted by Gasteiger charge is -2.06. The van der Waals surface area contributed by atoms with E-state index < -0.39 is 11.6 Å². The summed E-state index contributed by atoms with van der Waals surface area (Å²) in [7, 11) is 0. The molecule has 0 atom stereocenters. The number of amides is 1. The molecule has 0 unspecified atom stereocenters. The number of benzene rings is 1. The maximum atomic E-state index is 13.2. The first-order chi connectivity index (χ1) is 8.13. The number of nitrogens with one attached hydrogen (secondary N) is 2. The molecule has 2 N–H and O–H groups in total. The highest BCUT2D eigenvalue weighted by molar-refractivity contribution is 5.76. The van der Waals surface area contributed by atoms with Crippen molar-refractivity contribution in [2.75, 3.05) is 13.1 Å². The van der Waals surface area contributed by atoms with E-state index in [0.717, 1.165) is 24.7 Å². The Morgan fingerprint density at radius 2 is 2.12 bits per heavy atom. The van der Waals surface area contributed by atoms with Gasteiger partial charge < -0.3 is 10.6 Å². The molecule has 94 valence electrons. The van der Waals surface area contributed by atoms with E-state index in [2.05, 4.69) is 10.6 Å². The molecule has 1 aromatic carbocycles. The van der Waals surface area contributed by atoms with Gasteiger partial charge in [0, 0.05) is 25.1 Å². The van der Waals surface area contributed by atoms with Crippen LogP contribution in [0.1, 0.15) is 18.9 Å². The molecule has 0 bridgehead atoms. The van der Waals surface area contributed by atoms with Gasteiger partial charge in [0.1, 0.15) is 11.6 Å². The maximum Gasteiger partial charge on any atom is 0.221 e. The molecule has 0 aromatic heterocycles. The first kappa shape index (κ1) is 13.6. The number of hydrogen-bond donors (Lipinski definition) is 2. The van der Waals surface area contributed by atoms with Gasteiger partial charge in [-0.05, 0) is 24.7 Å². The van der Waals surface area contributed by atoms with E-state index in [-0.39, 0.29) is 18.0 Å². The summed E-state index contributed by atoms with van der Waals surface area (Å²) in [6.07, 6.45) is 0.324. The average Bonchev–Trinajstić information content (AvgIpc) is 2.31. The highest BCUT2D eigenvalue weighted by atomic mass is 19.1. The van der Waals surface area contributed by atoms with Crippen molar-refractivity contribution in [3.63, 3.8) is 0 Å². The van der Waals surface area contributed by atoms with E-state index in [1.807, 2.05) is 6.92 Å². The Bertz CT molecular complexity index is 383. The van der Waals surface area contributed by atoms with Gasteiger partial charge in [-0.2, -0.15) is 0 Å². The van der Waals surface area contributed by atoms with Crippen LogP contribution in [-0.2, 0) is 11.3 Å². The Morgan fingerprint density at radius 3 is 2.82 bits per heavy atom. The molecule has 0 aliphatic rings. The Kier molecular flexibility index (Phi) is 5.56. The summed E-state index contributed by atoms with van der Waals surface area (Å²) in [5.41, 5.74) is 0.154. The van der Waals surface area contributed by atoms with Crippen LogP contribution in [0, 0.1) is 11.6 Å². The Hall–Kier alpha value is -1.49. The topological polar surface area (TPSA) is 41.1 Å². The second-order valence-electron chi connectivity index (χ2n) is 3.62. The third-order valence-corrected chi connectivity index (χ3v) is 2.26. The molecule has 3 nitrogen and oxygen atoms in total. The largest absolute Gasteiger partial charge is 0.352 e. The first-order valence-electron chi connectivity index (χ1n) is 5.54. The van der Waals surface area contributed by atoms with Crippen LogP contribution in [0.2, 0.25) is 0 Å². The lowest BCUT2D eigenvalue weighted by atomic mass is 10.2. The second kappa shape index (κ2) is 6.96. The molecular weight excluding hydrogens is 226 g/mol. The van der Waals surface area contributed by atoms with Crippen LogP contribution in [0.5, 0.6) is 0 Å². The van der Waals surface area contributed by atoms with Gasteiger partial charge in [0.2, 0.25) is 5.91 Å². The molecule has 0 heterocycles. The molecule has 0 spiro atoms. The highest BCUT2D eigenvalue weighted by Gasteiger charge is 2.05. The van der Waals surface area contributed by atoms with Crippen molar-refractivity contribution in [3.05, 3.63) is 35.4 Å². The van der Waals surface area contributed by atoms with Gasteiger partial charge in [-0.25, -0.2) is 8.78 Å². The van der Waals surface area contributed by atoms with E-state index in [4.69, 9.17) is 0 Å². The second-order valence-corrected chi connectivity index (χ2v) is 3.62. The van der Waals surface area contributed by atoms with Crippen molar-refractivity contribution >= 4 is 5.91 Å². The Labute approximate surface area is 99.2 Å². The number of carbonyl (C=O) groups excluding carboxylic acids is 1. The number of rotatable bonds is 6. The molecule has 0 radical (unpaired) electrons. The van der Waals surface area contributed by atoms with Crippen molar-refractivity contribution < 1.29 is 13.6 Å². The average molecular weight is 242 g/mol. The fourth-order valence-corrected chi connectivity index (χ4v) is 1.34. The van der Waals surface area contributed by atoms with E-state index in [1.54, 1.807) is 0 Å². The fraction of sp³-hybridized carbons (Fsp3) is 0.417. The van der Waals surface area contributed by atoms with Crippen LogP contribution in [-0.4, -0.2) is 19.0 Å². The van der Waals surface area contributed by atoms with Gasteiger partial charge >= 0.3 is 0 Å². The summed E-state index contributed by atoms with van der Waals surface area (Å²) >= 11 is 0. The third-order valence-electron chi connectivity index (χ3n) is 2.26. The number of carbonyl (C=O) groups is 1. The predicted octanol–water partition coefficient (Wildman–Crippen LogP) is 1.58. The molecule has 0 aliphatic carbocycles.